The van der Waals surface area contributed by atoms with E-state index in [9.17, 15) is 0 Å². The Kier molecular flexibility index (Phi) is 35.4. The van der Waals surface area contributed by atoms with Gasteiger partial charge in [0.05, 0.1) is 17.4 Å². The van der Waals surface area contributed by atoms with E-state index in [1.165, 1.54) is 180 Å². The van der Waals surface area contributed by atoms with Crippen LogP contribution in [0.25, 0.3) is 0 Å². The summed E-state index contributed by atoms with van der Waals surface area (Å²) < 4.78 is 0. The summed E-state index contributed by atoms with van der Waals surface area (Å²) in [6, 6.07) is 0. The molecule has 39 heavy (non-hydrogen) atoms. The fraction of sp³-hybridized carbons (Fsp3) is 1.00. The highest BCUT2D eigenvalue weighted by atomic mass is 31.2. The van der Waals surface area contributed by atoms with Crippen LogP contribution in [0.15, 0.2) is 0 Å². The number of unbranched alkanes of at least 4 members (excludes halogenated alkanes) is 26. The molecule has 0 saturated carbocycles. The van der Waals surface area contributed by atoms with Gasteiger partial charge in [-0.25, -0.2) is 0 Å². The third-order valence-electron chi connectivity index (χ3n) is 8.23. The summed E-state index contributed by atoms with van der Waals surface area (Å²) >= 11 is 0. The van der Waals surface area contributed by atoms with Crippen LogP contribution in [0.5, 0.6) is 0 Å². The van der Waals surface area contributed by atoms with Crippen LogP contribution in [0.2, 0.25) is 0 Å². The monoisotopic (exact) mass is 574 g/mol. The molecule has 0 aliphatic rings. The predicted octanol–water partition coefficient (Wildman–Crippen LogP) is 13.0. The fourth-order valence-electron chi connectivity index (χ4n) is 5.58. The van der Waals surface area contributed by atoms with Gasteiger partial charge in [-0.15, -0.1) is 0 Å². The Morgan fingerprint density at radius 2 is 0.538 bits per heavy atom. The molecule has 0 unspecified atom stereocenters. The Hall–Kier alpha value is -0.370. The number of nitrogens with zero attached hydrogens (tertiary/aromatic N) is 1. The summed E-state index contributed by atoms with van der Waals surface area (Å²) in [6.07, 6.45) is 44.5. The first kappa shape index (κ1) is 40.8. The normalized spacial score (nSPS) is 11.4. The first-order chi connectivity index (χ1) is 18.9. The van der Waals surface area contributed by atoms with Gasteiger partial charge in [0, 0.05) is 20.6 Å². The molecule has 0 aromatic carbocycles. The molecule has 0 saturated heterocycles. The van der Waals surface area contributed by atoms with Gasteiger partial charge in [-0.3, -0.25) is 0 Å². The fourth-order valence-corrected chi connectivity index (χ4v) is 7.96. The third kappa shape index (κ3) is 42.2. The minimum atomic E-state index is -1.75. The van der Waals surface area contributed by atoms with Gasteiger partial charge in [0.25, 0.3) is 0 Å². The summed E-state index contributed by atoms with van der Waals surface area (Å²) in [7, 11) is -0.612. The van der Waals surface area contributed by atoms with Gasteiger partial charge in [0.15, 0.2) is 0 Å². The van der Waals surface area contributed by atoms with Crippen LogP contribution in [-0.4, -0.2) is 30.7 Å². The van der Waals surface area contributed by atoms with Crippen molar-refractivity contribution in [3.05, 3.63) is 15.3 Å². The van der Waals surface area contributed by atoms with E-state index in [1.54, 1.807) is 12.3 Å². The molecule has 0 aliphatic heterocycles. The van der Waals surface area contributed by atoms with Gasteiger partial charge >= 0.3 is 0 Å². The van der Waals surface area contributed by atoms with Crippen LogP contribution in [0.4, 0.5) is 0 Å². The summed E-state index contributed by atoms with van der Waals surface area (Å²) in [5.41, 5.74) is 0. The first-order valence-corrected chi connectivity index (χ1v) is 20.5. The van der Waals surface area contributed by atoms with E-state index in [-0.39, 0.29) is 0 Å². The minimum Gasteiger partial charge on any atom is -0.356 e. The maximum Gasteiger partial charge on any atom is 0.0689 e. The Morgan fingerprint density at radius 1 is 0.385 bits per heavy atom. The van der Waals surface area contributed by atoms with Gasteiger partial charge in [0.1, 0.15) is 0 Å². The predicted molar refractivity (Wildman–Crippen MR) is 179 cm³/mol. The average Bonchev–Trinajstić information content (AvgIpc) is 2.88. The lowest BCUT2D eigenvalue weighted by atomic mass is 10.0. The van der Waals surface area contributed by atoms with E-state index in [0.29, 0.717) is 0 Å². The third-order valence-corrected chi connectivity index (χ3v) is 11.3. The van der Waals surface area contributed by atoms with Gasteiger partial charge in [-0.1, -0.05) is 168 Å². The van der Waals surface area contributed by atoms with Crippen molar-refractivity contribution < 1.29 is 5.09 Å². The highest BCUT2D eigenvalue weighted by Gasteiger charge is 2.23. The molecule has 4 nitrogen and oxygen atoms in total. The zero-order chi connectivity index (χ0) is 29.3. The summed E-state index contributed by atoms with van der Waals surface area (Å²) in [5, 5.41) is 14.8. The van der Waals surface area contributed by atoms with Gasteiger partial charge in [-0.2, -0.15) is 0 Å². The van der Waals surface area contributed by atoms with Crippen LogP contribution in [0.1, 0.15) is 194 Å². The highest BCUT2D eigenvalue weighted by Crippen LogP contribution is 2.52. The molecule has 0 aliphatic carbocycles. The standard InChI is InChI=1S/C34H72P.NO3/c1-5-7-9-11-13-15-17-19-21-23-25-27-29-31-33-35(3,4)34-32-30-28-26-24-22-20-18-16-14-12-10-8-6-2;2-1(3)4/h5-34H2,1-4H3;/q+1;-1. The summed E-state index contributed by atoms with van der Waals surface area (Å²) in [5.74, 6) is 0. The topological polar surface area (TPSA) is 66.2 Å². The highest BCUT2D eigenvalue weighted by molar-refractivity contribution is 7.74. The molecule has 236 valence electrons. The van der Waals surface area contributed by atoms with E-state index in [1.807, 2.05) is 0 Å². The van der Waals surface area contributed by atoms with Crippen molar-refractivity contribution in [1.82, 2.24) is 0 Å². The molecular formula is C34H72NO3P. The molecule has 0 rings (SSSR count). The molecule has 0 aromatic heterocycles. The number of rotatable bonds is 30. The molecule has 5 heteroatoms. The molecule has 0 bridgehead atoms. The molecule has 0 heterocycles. The van der Waals surface area contributed by atoms with Gasteiger partial charge in [-0.05, 0) is 25.7 Å². The molecular weight excluding hydrogens is 501 g/mol. The second kappa shape index (κ2) is 33.8. The first-order valence-electron chi connectivity index (χ1n) is 17.5. The lowest BCUT2D eigenvalue weighted by Gasteiger charge is -2.18. The Balaban J connectivity index is 0. The minimum absolute atomic E-state index is 0.612. The maximum absolute atomic E-state index is 8.25. The number of hydrogen-bond donors (Lipinski definition) is 0. The summed E-state index contributed by atoms with van der Waals surface area (Å²) in [6.45, 7) is 9.89. The maximum atomic E-state index is 8.25. The molecule has 0 atom stereocenters. The zero-order valence-electron chi connectivity index (χ0n) is 27.3. The summed E-state index contributed by atoms with van der Waals surface area (Å²) in [4.78, 5) is 8.25. The van der Waals surface area contributed by atoms with Crippen molar-refractivity contribution >= 4 is 7.26 Å². The SMILES string of the molecule is CCCCCCCCCCCCCCCC[P+](C)(C)CCCCCCCCCCCCCCCC.O=[N+]([O-])[O-]. The Bertz CT molecular complexity index is 435. The smallest absolute Gasteiger partial charge is 0.0689 e. The zero-order valence-corrected chi connectivity index (χ0v) is 28.2. The Labute approximate surface area is 246 Å². The van der Waals surface area contributed by atoms with Gasteiger partial charge < -0.3 is 15.3 Å². The van der Waals surface area contributed by atoms with Crippen LogP contribution in [0, 0.1) is 15.3 Å². The van der Waals surface area contributed by atoms with Crippen molar-refractivity contribution in [2.45, 2.75) is 194 Å². The molecule has 0 amide bonds. The van der Waals surface area contributed by atoms with Crippen molar-refractivity contribution in [2.75, 3.05) is 25.7 Å². The van der Waals surface area contributed by atoms with E-state index < -0.39 is 12.3 Å². The second-order valence-electron chi connectivity index (χ2n) is 12.8. The lowest BCUT2D eigenvalue weighted by molar-refractivity contribution is -0.402. The second-order valence-corrected chi connectivity index (χ2v) is 17.6. The van der Waals surface area contributed by atoms with Crippen LogP contribution in [-0.2, 0) is 0 Å². The van der Waals surface area contributed by atoms with Crippen molar-refractivity contribution in [2.24, 2.45) is 0 Å². The molecule has 0 spiro atoms. The molecule has 0 N–H and O–H groups in total. The molecule has 0 aromatic rings. The van der Waals surface area contributed by atoms with Crippen molar-refractivity contribution in [3.8, 4) is 0 Å². The van der Waals surface area contributed by atoms with Crippen LogP contribution >= 0.6 is 7.26 Å². The van der Waals surface area contributed by atoms with E-state index >= 15 is 0 Å². The van der Waals surface area contributed by atoms with E-state index in [4.69, 9.17) is 15.3 Å². The largest absolute Gasteiger partial charge is 0.356 e. The van der Waals surface area contributed by atoms with Crippen LogP contribution < -0.4 is 0 Å². The van der Waals surface area contributed by atoms with E-state index in [2.05, 4.69) is 27.2 Å². The lowest BCUT2D eigenvalue weighted by Crippen LogP contribution is -2.01. The van der Waals surface area contributed by atoms with Crippen molar-refractivity contribution in [3.63, 3.8) is 0 Å². The van der Waals surface area contributed by atoms with Gasteiger partial charge in [0.2, 0.25) is 0 Å². The van der Waals surface area contributed by atoms with E-state index in [0.717, 1.165) is 0 Å². The molecule has 0 radical (unpaired) electrons. The average molecular weight is 574 g/mol. The van der Waals surface area contributed by atoms with Crippen LogP contribution in [0.3, 0.4) is 0 Å². The number of hydrogen-bond acceptors (Lipinski definition) is 3. The Morgan fingerprint density at radius 3 is 0.718 bits per heavy atom. The van der Waals surface area contributed by atoms with Crippen molar-refractivity contribution in [1.29, 1.82) is 0 Å². The quantitative estimate of drug-likeness (QED) is 0.0371. The molecule has 0 fully saturated rings.